The summed E-state index contributed by atoms with van der Waals surface area (Å²) in [7, 11) is 1.80. The van der Waals surface area contributed by atoms with Crippen molar-refractivity contribution in [3.05, 3.63) is 0 Å². The van der Waals surface area contributed by atoms with Crippen molar-refractivity contribution in [2.24, 2.45) is 5.73 Å². The lowest BCUT2D eigenvalue weighted by atomic mass is 10.0. The lowest BCUT2D eigenvalue weighted by Crippen LogP contribution is -1.97. The molecule has 0 bridgehead atoms. The first kappa shape index (κ1) is 22.9. The summed E-state index contributed by atoms with van der Waals surface area (Å²) in [6.07, 6.45) is 25.3. The molecule has 0 heterocycles. The Hall–Kier alpha value is -0.0800. The Balaban J connectivity index is 2.92. The van der Waals surface area contributed by atoms with Gasteiger partial charge in [-0.2, -0.15) is 0 Å². The lowest BCUT2D eigenvalue weighted by molar-refractivity contribution is 0.192. The molecule has 0 aromatic rings. The molecule has 0 radical (unpaired) electrons. The number of ether oxygens (including phenoxy) is 1. The summed E-state index contributed by atoms with van der Waals surface area (Å²) >= 11 is 0. The summed E-state index contributed by atoms with van der Waals surface area (Å²) in [5.74, 6) is 0. The molecule has 0 saturated heterocycles. The maximum Gasteiger partial charge on any atom is 0.0462 e. The number of hydrogen-bond acceptors (Lipinski definition) is 2. The van der Waals surface area contributed by atoms with E-state index in [1.165, 1.54) is 116 Å². The molecule has 0 rings (SSSR count). The third-order valence-electron chi connectivity index (χ3n) is 4.80. The predicted molar refractivity (Wildman–Crippen MR) is 104 cm³/mol. The van der Waals surface area contributed by atoms with E-state index >= 15 is 0 Å². The van der Waals surface area contributed by atoms with Crippen LogP contribution in [0.3, 0.4) is 0 Å². The van der Waals surface area contributed by atoms with E-state index in [9.17, 15) is 0 Å². The van der Waals surface area contributed by atoms with Crippen molar-refractivity contribution in [3.63, 3.8) is 0 Å². The van der Waals surface area contributed by atoms with Gasteiger partial charge in [-0.1, -0.05) is 103 Å². The third-order valence-corrected chi connectivity index (χ3v) is 4.80. The molecule has 2 nitrogen and oxygen atoms in total. The number of nitrogens with two attached hydrogens (primary N) is 1. The molecule has 0 atom stereocenters. The highest BCUT2D eigenvalue weighted by molar-refractivity contribution is 4.50. The van der Waals surface area contributed by atoms with Crippen LogP contribution in [0.5, 0.6) is 0 Å². The largest absolute Gasteiger partial charge is 0.385 e. The average Bonchev–Trinajstić information content (AvgIpc) is 2.57. The molecule has 0 aromatic carbocycles. The first-order valence-corrected chi connectivity index (χ1v) is 10.6. The van der Waals surface area contributed by atoms with Gasteiger partial charge in [0.05, 0.1) is 0 Å². The van der Waals surface area contributed by atoms with Gasteiger partial charge in [0.15, 0.2) is 0 Å². The molecular formula is C21H45NO. The second-order valence-electron chi connectivity index (χ2n) is 7.15. The predicted octanol–water partition coefficient (Wildman–Crippen LogP) is 6.61. The van der Waals surface area contributed by atoms with Crippen LogP contribution >= 0.6 is 0 Å². The second-order valence-corrected chi connectivity index (χ2v) is 7.15. The summed E-state index contributed by atoms with van der Waals surface area (Å²) in [4.78, 5) is 0. The molecule has 0 aliphatic rings. The summed E-state index contributed by atoms with van der Waals surface area (Å²) < 4.78 is 5.07. The number of methoxy groups -OCH3 is 1. The maximum absolute atomic E-state index is 5.50. The van der Waals surface area contributed by atoms with Crippen LogP contribution < -0.4 is 5.73 Å². The zero-order valence-corrected chi connectivity index (χ0v) is 16.1. The fourth-order valence-corrected chi connectivity index (χ4v) is 3.22. The van der Waals surface area contributed by atoms with Crippen molar-refractivity contribution >= 4 is 0 Å². The van der Waals surface area contributed by atoms with Gasteiger partial charge in [0.25, 0.3) is 0 Å². The molecule has 140 valence electrons. The van der Waals surface area contributed by atoms with Crippen LogP contribution in [0.4, 0.5) is 0 Å². The molecule has 0 aliphatic carbocycles. The van der Waals surface area contributed by atoms with Crippen molar-refractivity contribution in [1.29, 1.82) is 0 Å². The zero-order chi connectivity index (χ0) is 16.8. The van der Waals surface area contributed by atoms with Crippen LogP contribution in [-0.2, 0) is 4.74 Å². The Labute approximate surface area is 146 Å². The van der Waals surface area contributed by atoms with E-state index in [0.29, 0.717) is 0 Å². The van der Waals surface area contributed by atoms with Gasteiger partial charge in [-0.3, -0.25) is 0 Å². The summed E-state index contributed by atoms with van der Waals surface area (Å²) in [5.41, 5.74) is 5.50. The Morgan fingerprint density at radius 3 is 0.957 bits per heavy atom. The topological polar surface area (TPSA) is 35.2 Å². The molecule has 0 spiro atoms. The van der Waals surface area contributed by atoms with Gasteiger partial charge < -0.3 is 10.5 Å². The summed E-state index contributed by atoms with van der Waals surface area (Å²) in [5, 5.41) is 0. The lowest BCUT2D eigenvalue weighted by Gasteiger charge is -2.04. The highest BCUT2D eigenvalue weighted by Crippen LogP contribution is 2.14. The molecule has 0 aliphatic heterocycles. The van der Waals surface area contributed by atoms with Gasteiger partial charge in [-0.25, -0.2) is 0 Å². The van der Waals surface area contributed by atoms with Crippen LogP contribution in [0.1, 0.15) is 116 Å². The van der Waals surface area contributed by atoms with E-state index in [4.69, 9.17) is 10.5 Å². The van der Waals surface area contributed by atoms with Crippen LogP contribution in [0, 0.1) is 0 Å². The zero-order valence-electron chi connectivity index (χ0n) is 16.1. The SMILES string of the molecule is COCCCCCCCCCCCCCCCCCCCCN. The first-order valence-electron chi connectivity index (χ1n) is 10.6. The van der Waals surface area contributed by atoms with Crippen LogP contribution in [0.2, 0.25) is 0 Å². The molecule has 0 fully saturated rings. The fraction of sp³-hybridized carbons (Fsp3) is 1.00. The van der Waals surface area contributed by atoms with Crippen LogP contribution in [0.15, 0.2) is 0 Å². The Morgan fingerprint density at radius 1 is 0.435 bits per heavy atom. The second kappa shape index (κ2) is 21.9. The molecule has 0 aromatic heterocycles. The number of hydrogen-bond donors (Lipinski definition) is 1. The maximum atomic E-state index is 5.50. The van der Waals surface area contributed by atoms with Gasteiger partial charge in [0, 0.05) is 13.7 Å². The fourth-order valence-electron chi connectivity index (χ4n) is 3.22. The molecule has 2 N–H and O–H groups in total. The van der Waals surface area contributed by atoms with Crippen molar-refractivity contribution in [1.82, 2.24) is 0 Å². The first-order chi connectivity index (χ1) is 11.4. The Kier molecular flexibility index (Phi) is 21.8. The third kappa shape index (κ3) is 21.9. The van der Waals surface area contributed by atoms with Crippen LogP contribution in [0.25, 0.3) is 0 Å². The van der Waals surface area contributed by atoms with E-state index in [-0.39, 0.29) is 0 Å². The van der Waals surface area contributed by atoms with Crippen LogP contribution in [-0.4, -0.2) is 20.3 Å². The van der Waals surface area contributed by atoms with Crippen molar-refractivity contribution < 1.29 is 4.74 Å². The van der Waals surface area contributed by atoms with E-state index < -0.39 is 0 Å². The minimum absolute atomic E-state index is 0.869. The average molecular weight is 328 g/mol. The standard InChI is InChI=1S/C21H45NO/c1-23-21-19-17-15-13-11-9-7-5-3-2-4-6-8-10-12-14-16-18-20-22/h2-22H2,1H3. The molecule has 2 heteroatoms. The van der Waals surface area contributed by atoms with Gasteiger partial charge in [0.2, 0.25) is 0 Å². The quantitative estimate of drug-likeness (QED) is 0.255. The minimum atomic E-state index is 0.869. The van der Waals surface area contributed by atoms with Gasteiger partial charge in [-0.05, 0) is 19.4 Å². The van der Waals surface area contributed by atoms with Gasteiger partial charge in [0.1, 0.15) is 0 Å². The highest BCUT2D eigenvalue weighted by atomic mass is 16.5. The van der Waals surface area contributed by atoms with Crippen molar-refractivity contribution in [2.45, 2.75) is 116 Å². The highest BCUT2D eigenvalue weighted by Gasteiger charge is 1.95. The molecular weight excluding hydrogens is 282 g/mol. The van der Waals surface area contributed by atoms with E-state index in [2.05, 4.69) is 0 Å². The van der Waals surface area contributed by atoms with Gasteiger partial charge >= 0.3 is 0 Å². The van der Waals surface area contributed by atoms with E-state index in [1.807, 2.05) is 0 Å². The monoisotopic (exact) mass is 327 g/mol. The number of unbranched alkanes of at least 4 members (excludes halogenated alkanes) is 17. The smallest absolute Gasteiger partial charge is 0.0462 e. The van der Waals surface area contributed by atoms with E-state index in [1.54, 1.807) is 7.11 Å². The summed E-state index contributed by atoms with van der Waals surface area (Å²) in [6, 6.07) is 0. The molecule has 0 saturated carbocycles. The molecule has 0 unspecified atom stereocenters. The Bertz CT molecular complexity index is 176. The Morgan fingerprint density at radius 2 is 0.696 bits per heavy atom. The van der Waals surface area contributed by atoms with Crippen molar-refractivity contribution in [3.8, 4) is 0 Å². The summed E-state index contributed by atoms with van der Waals surface area (Å²) in [6.45, 7) is 1.81. The normalized spacial score (nSPS) is 11.2. The minimum Gasteiger partial charge on any atom is -0.385 e. The number of rotatable bonds is 20. The molecule has 23 heavy (non-hydrogen) atoms. The van der Waals surface area contributed by atoms with Gasteiger partial charge in [-0.15, -0.1) is 0 Å². The van der Waals surface area contributed by atoms with E-state index in [0.717, 1.165) is 13.2 Å². The van der Waals surface area contributed by atoms with Crippen molar-refractivity contribution in [2.75, 3.05) is 20.3 Å². The molecule has 0 amide bonds.